The molecule has 0 unspecified atom stereocenters. The molecule has 0 N–H and O–H groups in total. The molecule has 0 saturated heterocycles. The minimum atomic E-state index is -0.813. The fraction of sp³-hybridized carbons (Fsp3) is 0.703. The Bertz CT molecular complexity index is 1400. The Kier molecular flexibility index (Phi) is 54.9. The van der Waals surface area contributed by atoms with Crippen LogP contribution < -0.4 is 0 Å². The first-order valence-corrected chi connectivity index (χ1v) is 29.2. The highest BCUT2D eigenvalue weighted by atomic mass is 16.6. The average Bonchev–Trinajstić information content (AvgIpc) is 3.36. The van der Waals surface area contributed by atoms with E-state index in [0.29, 0.717) is 19.3 Å². The third-order valence-electron chi connectivity index (χ3n) is 12.3. The standard InChI is InChI=1S/C64H108O6/c1-4-7-10-13-16-19-22-25-28-30-32-34-36-39-42-45-48-51-54-57-63(66)69-60-61(59-68-62(65)56-53-50-47-44-41-38-35-27-24-21-18-15-12-9-6-3)70-64(67)58-55-52-49-46-43-40-37-33-31-29-26-23-20-17-14-11-8-5-2/h7,10,16,18-19,21,25,27-28,32,34-35,39,42,48,51,61H,4-6,8-9,11-15,17,20,22-24,26,29-31,33,36-38,40-41,43-47,49-50,52-60H2,1-3H3/b10-7-,19-16-,21-18-,28-25-,34-32-,35-27-,42-39-,51-48-/t61-/m1/s1. The summed E-state index contributed by atoms with van der Waals surface area (Å²) in [5.41, 5.74) is 0. The summed E-state index contributed by atoms with van der Waals surface area (Å²) in [7, 11) is 0. The maximum Gasteiger partial charge on any atom is 0.306 e. The molecule has 0 heterocycles. The van der Waals surface area contributed by atoms with Crippen LogP contribution in [0.25, 0.3) is 0 Å². The van der Waals surface area contributed by atoms with Crippen LogP contribution >= 0.6 is 0 Å². The minimum absolute atomic E-state index is 0.107. The van der Waals surface area contributed by atoms with E-state index in [0.717, 1.165) is 103 Å². The molecule has 0 bridgehead atoms. The third kappa shape index (κ3) is 55.3. The number of ether oxygens (including phenoxy) is 3. The van der Waals surface area contributed by atoms with Gasteiger partial charge in [-0.1, -0.05) is 259 Å². The second kappa shape index (κ2) is 57.9. The lowest BCUT2D eigenvalue weighted by atomic mass is 10.0. The van der Waals surface area contributed by atoms with E-state index in [2.05, 4.69) is 112 Å². The second-order valence-electron chi connectivity index (χ2n) is 19.2. The van der Waals surface area contributed by atoms with Gasteiger partial charge in [0.05, 0.1) is 0 Å². The van der Waals surface area contributed by atoms with E-state index in [1.165, 1.54) is 122 Å². The highest BCUT2D eigenvalue weighted by molar-refractivity contribution is 5.71. The maximum atomic E-state index is 12.9. The zero-order valence-electron chi connectivity index (χ0n) is 45.8. The van der Waals surface area contributed by atoms with Crippen molar-refractivity contribution in [2.24, 2.45) is 0 Å². The van der Waals surface area contributed by atoms with Gasteiger partial charge in [0, 0.05) is 19.3 Å². The number of hydrogen-bond acceptors (Lipinski definition) is 6. The number of hydrogen-bond donors (Lipinski definition) is 0. The monoisotopic (exact) mass is 973 g/mol. The molecule has 0 spiro atoms. The molecule has 0 aliphatic rings. The lowest BCUT2D eigenvalue weighted by Gasteiger charge is -2.18. The van der Waals surface area contributed by atoms with Gasteiger partial charge in [-0.2, -0.15) is 0 Å². The van der Waals surface area contributed by atoms with Crippen molar-refractivity contribution in [1.82, 2.24) is 0 Å². The molecule has 0 aliphatic carbocycles. The predicted molar refractivity (Wildman–Crippen MR) is 302 cm³/mol. The van der Waals surface area contributed by atoms with Gasteiger partial charge in [-0.15, -0.1) is 0 Å². The van der Waals surface area contributed by atoms with Gasteiger partial charge in [0.15, 0.2) is 6.10 Å². The molecular weight excluding hydrogens is 865 g/mol. The lowest BCUT2D eigenvalue weighted by Crippen LogP contribution is -2.30. The Morgan fingerprint density at radius 2 is 0.586 bits per heavy atom. The number of rotatable bonds is 52. The molecule has 6 heteroatoms. The number of esters is 3. The Morgan fingerprint density at radius 1 is 0.300 bits per heavy atom. The SMILES string of the molecule is CC/C=C\C/C=C\C/C=C\C/C=C\C/C=C\C/C=C\CCC(=O)OC[C@@H](COC(=O)CCCCCCC/C=C\C/C=C\CCCCC)OC(=O)CCCCCCCCCCCCCCCCCCCC. The molecule has 1 atom stereocenters. The van der Waals surface area contributed by atoms with Crippen LogP contribution in [-0.4, -0.2) is 37.2 Å². The van der Waals surface area contributed by atoms with Crippen LogP contribution in [0, 0.1) is 0 Å². The van der Waals surface area contributed by atoms with Crippen molar-refractivity contribution in [3.05, 3.63) is 97.2 Å². The molecule has 0 aromatic heterocycles. The van der Waals surface area contributed by atoms with Gasteiger partial charge in [-0.3, -0.25) is 14.4 Å². The Morgan fingerprint density at radius 3 is 0.986 bits per heavy atom. The molecule has 0 aliphatic heterocycles. The summed E-state index contributed by atoms with van der Waals surface area (Å²) in [6.45, 7) is 6.44. The van der Waals surface area contributed by atoms with E-state index in [1.54, 1.807) is 0 Å². The van der Waals surface area contributed by atoms with Crippen molar-refractivity contribution in [2.45, 2.75) is 277 Å². The van der Waals surface area contributed by atoms with E-state index < -0.39 is 6.10 Å². The van der Waals surface area contributed by atoms with Crippen molar-refractivity contribution in [3.8, 4) is 0 Å². The number of carbonyl (C=O) groups excluding carboxylic acids is 3. The van der Waals surface area contributed by atoms with Crippen LogP contribution in [0.4, 0.5) is 0 Å². The molecule has 0 fully saturated rings. The van der Waals surface area contributed by atoms with Crippen LogP contribution in [0.5, 0.6) is 0 Å². The first-order valence-electron chi connectivity index (χ1n) is 29.2. The average molecular weight is 974 g/mol. The second-order valence-corrected chi connectivity index (χ2v) is 19.2. The molecule has 0 radical (unpaired) electrons. The smallest absolute Gasteiger partial charge is 0.306 e. The summed E-state index contributed by atoms with van der Waals surface area (Å²) in [5, 5.41) is 0. The highest BCUT2D eigenvalue weighted by Gasteiger charge is 2.19. The van der Waals surface area contributed by atoms with Crippen LogP contribution in [0.1, 0.15) is 271 Å². The number of carbonyl (C=O) groups is 3. The zero-order valence-corrected chi connectivity index (χ0v) is 45.8. The van der Waals surface area contributed by atoms with Crippen molar-refractivity contribution in [2.75, 3.05) is 13.2 Å². The lowest BCUT2D eigenvalue weighted by molar-refractivity contribution is -0.166. The van der Waals surface area contributed by atoms with Crippen molar-refractivity contribution in [3.63, 3.8) is 0 Å². The normalized spacial score (nSPS) is 12.8. The fourth-order valence-electron chi connectivity index (χ4n) is 7.97. The molecule has 400 valence electrons. The summed E-state index contributed by atoms with van der Waals surface area (Å²) in [5.74, 6) is -1.000. The van der Waals surface area contributed by atoms with Crippen LogP contribution in [0.2, 0.25) is 0 Å². The van der Waals surface area contributed by atoms with Crippen LogP contribution in [0.15, 0.2) is 97.2 Å². The van der Waals surface area contributed by atoms with Crippen molar-refractivity contribution >= 4 is 17.9 Å². The number of allylic oxidation sites excluding steroid dienone is 16. The quantitative estimate of drug-likeness (QED) is 0.0262. The van der Waals surface area contributed by atoms with E-state index >= 15 is 0 Å². The van der Waals surface area contributed by atoms with Gasteiger partial charge in [0.25, 0.3) is 0 Å². The number of unbranched alkanes of at least 4 members (excludes halogenated alkanes) is 25. The first kappa shape index (κ1) is 66.3. The van der Waals surface area contributed by atoms with E-state index in [4.69, 9.17) is 14.2 Å². The first-order chi connectivity index (χ1) is 34.5. The Balaban J connectivity index is 4.50. The molecule has 0 aromatic rings. The molecule has 0 aromatic carbocycles. The summed E-state index contributed by atoms with van der Waals surface area (Å²) in [6.07, 6.45) is 76.9. The van der Waals surface area contributed by atoms with Crippen molar-refractivity contribution in [1.29, 1.82) is 0 Å². The van der Waals surface area contributed by atoms with Crippen LogP contribution in [-0.2, 0) is 28.6 Å². The van der Waals surface area contributed by atoms with Gasteiger partial charge in [0.1, 0.15) is 13.2 Å². The Labute approximate surface area is 432 Å². The zero-order chi connectivity index (χ0) is 50.7. The molecule has 0 rings (SSSR count). The molecular formula is C64H108O6. The summed E-state index contributed by atoms with van der Waals surface area (Å²) in [6, 6.07) is 0. The van der Waals surface area contributed by atoms with Crippen molar-refractivity contribution < 1.29 is 28.6 Å². The predicted octanol–water partition coefficient (Wildman–Crippen LogP) is 19.7. The summed E-state index contributed by atoms with van der Waals surface area (Å²) in [4.78, 5) is 38.2. The minimum Gasteiger partial charge on any atom is -0.462 e. The third-order valence-corrected chi connectivity index (χ3v) is 12.3. The van der Waals surface area contributed by atoms with E-state index in [-0.39, 0.29) is 37.5 Å². The molecule has 6 nitrogen and oxygen atoms in total. The maximum absolute atomic E-state index is 12.9. The fourth-order valence-corrected chi connectivity index (χ4v) is 7.97. The van der Waals surface area contributed by atoms with Gasteiger partial charge in [-0.05, 0) is 89.9 Å². The van der Waals surface area contributed by atoms with Gasteiger partial charge in [0.2, 0.25) is 0 Å². The molecule has 0 amide bonds. The van der Waals surface area contributed by atoms with Gasteiger partial charge >= 0.3 is 17.9 Å². The summed E-state index contributed by atoms with van der Waals surface area (Å²) >= 11 is 0. The molecule has 0 saturated carbocycles. The topological polar surface area (TPSA) is 78.9 Å². The highest BCUT2D eigenvalue weighted by Crippen LogP contribution is 2.16. The van der Waals surface area contributed by atoms with E-state index in [1.807, 2.05) is 6.08 Å². The van der Waals surface area contributed by atoms with Gasteiger partial charge in [-0.25, -0.2) is 0 Å². The van der Waals surface area contributed by atoms with Gasteiger partial charge < -0.3 is 14.2 Å². The largest absolute Gasteiger partial charge is 0.462 e. The van der Waals surface area contributed by atoms with Crippen LogP contribution in [0.3, 0.4) is 0 Å². The summed E-state index contributed by atoms with van der Waals surface area (Å²) < 4.78 is 16.8. The molecule has 70 heavy (non-hydrogen) atoms. The Hall–Kier alpha value is -3.67. The van der Waals surface area contributed by atoms with E-state index in [9.17, 15) is 14.4 Å².